The number of hydrogen-bond acceptors (Lipinski definition) is 6. The first-order valence-corrected chi connectivity index (χ1v) is 8.00. The highest BCUT2D eigenvalue weighted by molar-refractivity contribution is 5.46. The molecular formula is C15H25N5O. The van der Waals surface area contributed by atoms with Crippen molar-refractivity contribution >= 4 is 5.82 Å². The van der Waals surface area contributed by atoms with E-state index in [9.17, 15) is 5.11 Å². The van der Waals surface area contributed by atoms with E-state index in [-0.39, 0.29) is 6.10 Å². The molecule has 0 aliphatic carbocycles. The van der Waals surface area contributed by atoms with Crippen LogP contribution < -0.4 is 10.6 Å². The molecule has 21 heavy (non-hydrogen) atoms. The summed E-state index contributed by atoms with van der Waals surface area (Å²) in [5.74, 6) is 0.893. The average molecular weight is 291 g/mol. The fourth-order valence-electron chi connectivity index (χ4n) is 3.17. The van der Waals surface area contributed by atoms with Gasteiger partial charge in [0.2, 0.25) is 0 Å². The lowest BCUT2D eigenvalue weighted by molar-refractivity contribution is 0.135. The van der Waals surface area contributed by atoms with Crippen LogP contribution in [0.4, 0.5) is 5.82 Å². The molecule has 2 aliphatic heterocycles. The zero-order valence-corrected chi connectivity index (χ0v) is 12.5. The Hall–Kier alpha value is -1.24. The molecule has 116 valence electrons. The smallest absolute Gasteiger partial charge is 0.132 e. The van der Waals surface area contributed by atoms with Crippen LogP contribution in [-0.4, -0.2) is 65.3 Å². The van der Waals surface area contributed by atoms with E-state index in [1.54, 1.807) is 6.33 Å². The summed E-state index contributed by atoms with van der Waals surface area (Å²) in [5.41, 5.74) is 2.34. The Labute approximate surface area is 126 Å². The quantitative estimate of drug-likeness (QED) is 0.711. The molecule has 6 heteroatoms. The van der Waals surface area contributed by atoms with Gasteiger partial charge >= 0.3 is 0 Å². The number of fused-ring (bicyclic) bond motifs is 1. The zero-order valence-electron chi connectivity index (χ0n) is 12.5. The van der Waals surface area contributed by atoms with Crippen molar-refractivity contribution in [1.82, 2.24) is 20.2 Å². The van der Waals surface area contributed by atoms with E-state index in [4.69, 9.17) is 0 Å². The molecule has 1 saturated heterocycles. The maximum absolute atomic E-state index is 10.2. The fraction of sp³-hybridized carbons (Fsp3) is 0.733. The molecule has 1 unspecified atom stereocenters. The van der Waals surface area contributed by atoms with Crippen molar-refractivity contribution in [3.05, 3.63) is 17.6 Å². The Bertz CT molecular complexity index is 461. The maximum Gasteiger partial charge on any atom is 0.132 e. The third-order valence-electron chi connectivity index (χ3n) is 4.30. The van der Waals surface area contributed by atoms with Crippen LogP contribution in [0.1, 0.15) is 24.1 Å². The minimum Gasteiger partial charge on any atom is -0.390 e. The van der Waals surface area contributed by atoms with Crippen molar-refractivity contribution in [2.75, 3.05) is 44.6 Å². The first-order chi connectivity index (χ1) is 10.3. The van der Waals surface area contributed by atoms with Gasteiger partial charge in [-0.1, -0.05) is 0 Å². The second-order valence-electron chi connectivity index (χ2n) is 5.94. The minimum absolute atomic E-state index is 0.349. The van der Waals surface area contributed by atoms with Gasteiger partial charge < -0.3 is 20.6 Å². The van der Waals surface area contributed by atoms with Crippen molar-refractivity contribution in [2.24, 2.45) is 0 Å². The largest absolute Gasteiger partial charge is 0.390 e. The van der Waals surface area contributed by atoms with E-state index in [0.29, 0.717) is 6.54 Å². The molecule has 0 spiro atoms. The second-order valence-corrected chi connectivity index (χ2v) is 5.94. The lowest BCUT2D eigenvalue weighted by Crippen LogP contribution is -2.34. The third-order valence-corrected chi connectivity index (χ3v) is 4.30. The molecule has 2 aliphatic rings. The molecule has 1 atom stereocenters. The Morgan fingerprint density at radius 1 is 1.24 bits per heavy atom. The first-order valence-electron chi connectivity index (χ1n) is 8.00. The summed E-state index contributed by atoms with van der Waals surface area (Å²) in [6.07, 6.45) is 5.68. The van der Waals surface area contributed by atoms with Crippen molar-refractivity contribution in [1.29, 1.82) is 0 Å². The van der Waals surface area contributed by atoms with Crippen LogP contribution >= 0.6 is 0 Å². The van der Waals surface area contributed by atoms with Gasteiger partial charge in [0.15, 0.2) is 0 Å². The summed E-state index contributed by atoms with van der Waals surface area (Å²) >= 11 is 0. The van der Waals surface area contributed by atoms with Crippen LogP contribution in [-0.2, 0) is 12.8 Å². The number of aliphatic hydroxyl groups is 1. The van der Waals surface area contributed by atoms with Crippen molar-refractivity contribution in [2.45, 2.75) is 31.8 Å². The monoisotopic (exact) mass is 291 g/mol. The van der Waals surface area contributed by atoms with Crippen LogP contribution in [0.2, 0.25) is 0 Å². The van der Waals surface area contributed by atoms with Crippen LogP contribution in [0.15, 0.2) is 6.33 Å². The highest BCUT2D eigenvalue weighted by Crippen LogP contribution is 2.18. The predicted octanol–water partition coefficient (Wildman–Crippen LogP) is 0.0334. The number of anilines is 1. The van der Waals surface area contributed by atoms with E-state index in [0.717, 1.165) is 57.1 Å². The lowest BCUT2D eigenvalue weighted by atomic mass is 10.1. The zero-order chi connectivity index (χ0) is 14.5. The summed E-state index contributed by atoms with van der Waals surface area (Å²) in [7, 11) is 0. The Balaban J connectivity index is 1.57. The minimum atomic E-state index is -0.349. The highest BCUT2D eigenvalue weighted by Gasteiger charge is 2.17. The van der Waals surface area contributed by atoms with E-state index >= 15 is 0 Å². The molecule has 0 radical (unpaired) electrons. The van der Waals surface area contributed by atoms with E-state index in [1.807, 2.05) is 0 Å². The number of aliphatic hydroxyl groups excluding tert-OH is 1. The summed E-state index contributed by atoms with van der Waals surface area (Å²) in [5, 5.41) is 16.9. The molecule has 3 N–H and O–H groups in total. The van der Waals surface area contributed by atoms with Gasteiger partial charge in [0.25, 0.3) is 0 Å². The molecule has 3 rings (SSSR count). The number of β-amino-alcohol motifs (C(OH)–C–C–N with tert-alkyl or cyclic N) is 1. The number of nitrogens with zero attached hydrogens (tertiary/aromatic N) is 3. The molecule has 6 nitrogen and oxygen atoms in total. The number of hydrogen-bond donors (Lipinski definition) is 3. The van der Waals surface area contributed by atoms with Crippen molar-refractivity contribution in [3.8, 4) is 0 Å². The molecule has 1 aromatic rings. The van der Waals surface area contributed by atoms with Crippen LogP contribution in [0.25, 0.3) is 0 Å². The summed E-state index contributed by atoms with van der Waals surface area (Å²) in [6, 6.07) is 0. The Morgan fingerprint density at radius 3 is 2.90 bits per heavy atom. The molecule has 0 bridgehead atoms. The van der Waals surface area contributed by atoms with Crippen molar-refractivity contribution in [3.63, 3.8) is 0 Å². The van der Waals surface area contributed by atoms with Gasteiger partial charge in [0, 0.05) is 31.6 Å². The third kappa shape index (κ3) is 3.90. The molecule has 0 amide bonds. The lowest BCUT2D eigenvalue weighted by Gasteiger charge is -2.20. The van der Waals surface area contributed by atoms with Crippen molar-refractivity contribution < 1.29 is 5.11 Å². The van der Waals surface area contributed by atoms with Gasteiger partial charge in [-0.2, -0.15) is 0 Å². The highest BCUT2D eigenvalue weighted by atomic mass is 16.3. The van der Waals surface area contributed by atoms with Gasteiger partial charge in [-0.15, -0.1) is 0 Å². The van der Waals surface area contributed by atoms with Crippen LogP contribution in [0, 0.1) is 0 Å². The van der Waals surface area contributed by atoms with Gasteiger partial charge in [-0.25, -0.2) is 9.97 Å². The Kier molecular flexibility index (Phi) is 5.00. The number of likely N-dealkylation sites (tertiary alicyclic amines) is 1. The average Bonchev–Trinajstić information content (AvgIpc) is 2.87. The normalized spacial score (nSPS) is 20.8. The van der Waals surface area contributed by atoms with Gasteiger partial charge in [-0.3, -0.25) is 0 Å². The van der Waals surface area contributed by atoms with E-state index in [2.05, 4.69) is 25.5 Å². The van der Waals surface area contributed by atoms with E-state index in [1.165, 1.54) is 18.4 Å². The molecule has 3 heterocycles. The standard InChI is InChI=1S/C15H25N5O/c21-12(10-20-7-1-2-8-20)9-17-15-13-3-5-16-6-4-14(13)18-11-19-15/h11-12,16,21H,1-10H2,(H,17,18,19). The number of aromatic nitrogens is 2. The summed E-state index contributed by atoms with van der Waals surface area (Å²) < 4.78 is 0. The van der Waals surface area contributed by atoms with Gasteiger partial charge in [-0.05, 0) is 38.9 Å². The molecule has 0 saturated carbocycles. The molecular weight excluding hydrogens is 266 g/mol. The Morgan fingerprint density at radius 2 is 2.05 bits per heavy atom. The van der Waals surface area contributed by atoms with Crippen LogP contribution in [0.5, 0.6) is 0 Å². The van der Waals surface area contributed by atoms with E-state index < -0.39 is 0 Å². The molecule has 1 fully saturated rings. The summed E-state index contributed by atoms with van der Waals surface area (Å²) in [4.78, 5) is 11.1. The maximum atomic E-state index is 10.2. The first kappa shape index (κ1) is 14.7. The van der Waals surface area contributed by atoms with Gasteiger partial charge in [0.05, 0.1) is 11.8 Å². The molecule has 1 aromatic heterocycles. The SMILES string of the molecule is OC(CNc1ncnc2c1CCNCC2)CN1CCCC1. The topological polar surface area (TPSA) is 73.3 Å². The van der Waals surface area contributed by atoms with Gasteiger partial charge in [0.1, 0.15) is 12.1 Å². The number of rotatable bonds is 5. The molecule has 0 aromatic carbocycles. The van der Waals surface area contributed by atoms with Crippen LogP contribution in [0.3, 0.4) is 0 Å². The number of nitrogens with one attached hydrogen (secondary N) is 2. The fourth-order valence-corrected chi connectivity index (χ4v) is 3.17. The predicted molar refractivity (Wildman–Crippen MR) is 82.5 cm³/mol. The summed E-state index contributed by atoms with van der Waals surface area (Å²) in [6.45, 7) is 5.47. The second kappa shape index (κ2) is 7.15.